The fourth-order valence-electron chi connectivity index (χ4n) is 4.98. The van der Waals surface area contributed by atoms with Crippen LogP contribution >= 0.6 is 0 Å². The molecule has 0 saturated carbocycles. The summed E-state index contributed by atoms with van der Waals surface area (Å²) < 4.78 is 0. The van der Waals surface area contributed by atoms with E-state index in [-0.39, 0.29) is 5.41 Å². The summed E-state index contributed by atoms with van der Waals surface area (Å²) in [5.74, 6) is 0.495. The highest BCUT2D eigenvalue weighted by atomic mass is 14.5. The average molecular weight is 375 g/mol. The molecule has 4 aromatic carbocycles. The smallest absolute Gasteiger partial charge is 0.0622 e. The van der Waals surface area contributed by atoms with Crippen LogP contribution in [0.3, 0.4) is 0 Å². The second kappa shape index (κ2) is 6.74. The summed E-state index contributed by atoms with van der Waals surface area (Å²) in [5.41, 5.74) is 10.6. The van der Waals surface area contributed by atoms with Gasteiger partial charge in [-0.2, -0.15) is 0 Å². The van der Waals surface area contributed by atoms with Crippen LogP contribution in [0.2, 0.25) is 0 Å². The van der Waals surface area contributed by atoms with Crippen molar-refractivity contribution in [2.45, 2.75) is 32.1 Å². The number of rotatable bonds is 3. The molecule has 0 heteroatoms. The van der Waals surface area contributed by atoms with Gasteiger partial charge in [-0.05, 0) is 51.8 Å². The van der Waals surface area contributed by atoms with Gasteiger partial charge in [0.05, 0.1) is 5.41 Å². The van der Waals surface area contributed by atoms with Gasteiger partial charge >= 0.3 is 0 Å². The summed E-state index contributed by atoms with van der Waals surface area (Å²) in [6.45, 7) is 6.75. The van der Waals surface area contributed by atoms with E-state index in [0.29, 0.717) is 5.92 Å². The quantitative estimate of drug-likeness (QED) is 0.307. The summed E-state index contributed by atoms with van der Waals surface area (Å²) in [6, 6.07) is 36.1. The Labute approximate surface area is 173 Å². The maximum atomic E-state index is 2.45. The van der Waals surface area contributed by atoms with Gasteiger partial charge in [0.2, 0.25) is 0 Å². The third-order valence-electron chi connectivity index (χ3n) is 6.40. The van der Waals surface area contributed by atoms with Crippen molar-refractivity contribution in [1.82, 2.24) is 0 Å². The van der Waals surface area contributed by atoms with Gasteiger partial charge in [-0.15, -0.1) is 0 Å². The third kappa shape index (κ3) is 2.59. The summed E-state index contributed by atoms with van der Waals surface area (Å²) in [7, 11) is 0. The van der Waals surface area contributed by atoms with E-state index in [1.165, 1.54) is 44.5 Å². The maximum Gasteiger partial charge on any atom is 0.0713 e. The Bertz CT molecular complexity index is 1130. The molecule has 0 spiro atoms. The highest BCUT2D eigenvalue weighted by molar-refractivity contribution is 5.86. The molecule has 0 N–H and O–H groups in total. The SMILES string of the molecule is Cc1ccc2c(c1)C(c1ccccc1)(c1ccccc1)c1cc(C(C)C)ccc1-2. The van der Waals surface area contributed by atoms with Crippen LogP contribution in [-0.4, -0.2) is 0 Å². The molecular weight excluding hydrogens is 348 g/mol. The van der Waals surface area contributed by atoms with Gasteiger partial charge in [-0.1, -0.05) is 116 Å². The lowest BCUT2D eigenvalue weighted by Gasteiger charge is -2.34. The Morgan fingerprint density at radius 3 is 1.66 bits per heavy atom. The molecule has 0 aromatic heterocycles. The summed E-state index contributed by atoms with van der Waals surface area (Å²) in [4.78, 5) is 0. The molecule has 0 saturated heterocycles. The van der Waals surface area contributed by atoms with Crippen LogP contribution in [0.1, 0.15) is 53.1 Å². The molecule has 0 heterocycles. The zero-order valence-electron chi connectivity index (χ0n) is 17.3. The molecule has 4 aromatic rings. The Morgan fingerprint density at radius 1 is 0.586 bits per heavy atom. The first-order chi connectivity index (χ1) is 14.1. The van der Waals surface area contributed by atoms with Crippen molar-refractivity contribution in [3.8, 4) is 11.1 Å². The zero-order chi connectivity index (χ0) is 20.0. The fourth-order valence-corrected chi connectivity index (χ4v) is 4.98. The van der Waals surface area contributed by atoms with Gasteiger partial charge in [0, 0.05) is 0 Å². The minimum absolute atomic E-state index is 0.288. The number of benzene rings is 4. The van der Waals surface area contributed by atoms with Gasteiger partial charge < -0.3 is 0 Å². The molecular formula is C29H26. The molecule has 1 aliphatic rings. The molecule has 0 bridgehead atoms. The van der Waals surface area contributed by atoms with Crippen LogP contribution in [0.4, 0.5) is 0 Å². The maximum absolute atomic E-state index is 2.45. The minimum Gasteiger partial charge on any atom is -0.0622 e. The largest absolute Gasteiger partial charge is 0.0713 e. The van der Waals surface area contributed by atoms with E-state index >= 15 is 0 Å². The van der Waals surface area contributed by atoms with Crippen molar-refractivity contribution >= 4 is 0 Å². The van der Waals surface area contributed by atoms with Crippen molar-refractivity contribution in [3.05, 3.63) is 130 Å². The predicted octanol–water partition coefficient (Wildman–Crippen LogP) is 7.48. The minimum atomic E-state index is -0.288. The average Bonchev–Trinajstić information content (AvgIpc) is 3.04. The normalized spacial score (nSPS) is 13.9. The first-order valence-electron chi connectivity index (χ1n) is 10.5. The van der Waals surface area contributed by atoms with Crippen LogP contribution in [0.25, 0.3) is 11.1 Å². The molecule has 1 aliphatic carbocycles. The number of hydrogen-bond acceptors (Lipinski definition) is 0. The van der Waals surface area contributed by atoms with Crippen LogP contribution in [0.15, 0.2) is 97.1 Å². The van der Waals surface area contributed by atoms with Crippen LogP contribution in [0.5, 0.6) is 0 Å². The standard InChI is InChI=1S/C29H26/c1-20(2)22-15-17-26-25-16-14-21(3)18-27(25)29(28(26)19-22,23-10-6-4-7-11-23)24-12-8-5-9-13-24/h4-20H,1-3H3. The molecule has 0 radical (unpaired) electrons. The van der Waals surface area contributed by atoms with Crippen molar-refractivity contribution < 1.29 is 0 Å². The van der Waals surface area contributed by atoms with Gasteiger partial charge in [-0.25, -0.2) is 0 Å². The molecule has 0 unspecified atom stereocenters. The monoisotopic (exact) mass is 374 g/mol. The van der Waals surface area contributed by atoms with E-state index in [0.717, 1.165) is 0 Å². The van der Waals surface area contributed by atoms with E-state index in [2.05, 4.69) is 118 Å². The molecule has 0 aliphatic heterocycles. The second-order valence-corrected chi connectivity index (χ2v) is 8.49. The van der Waals surface area contributed by atoms with Crippen molar-refractivity contribution in [3.63, 3.8) is 0 Å². The molecule has 0 amide bonds. The first kappa shape index (κ1) is 17.9. The van der Waals surface area contributed by atoms with Gasteiger partial charge in [0.25, 0.3) is 0 Å². The molecule has 5 rings (SSSR count). The van der Waals surface area contributed by atoms with Gasteiger partial charge in [0.1, 0.15) is 0 Å². The Morgan fingerprint density at radius 2 is 1.10 bits per heavy atom. The van der Waals surface area contributed by atoms with Crippen LogP contribution < -0.4 is 0 Å². The van der Waals surface area contributed by atoms with E-state index in [9.17, 15) is 0 Å². The first-order valence-corrected chi connectivity index (χ1v) is 10.5. The van der Waals surface area contributed by atoms with Gasteiger partial charge in [-0.3, -0.25) is 0 Å². The van der Waals surface area contributed by atoms with E-state index in [4.69, 9.17) is 0 Å². The summed E-state index contributed by atoms with van der Waals surface area (Å²) in [6.07, 6.45) is 0. The number of fused-ring (bicyclic) bond motifs is 3. The number of hydrogen-bond donors (Lipinski definition) is 0. The highest BCUT2D eigenvalue weighted by Crippen LogP contribution is 2.56. The predicted molar refractivity (Wildman–Crippen MR) is 123 cm³/mol. The van der Waals surface area contributed by atoms with E-state index in [1.54, 1.807) is 0 Å². The molecule has 0 fully saturated rings. The van der Waals surface area contributed by atoms with Crippen molar-refractivity contribution in [2.75, 3.05) is 0 Å². The van der Waals surface area contributed by atoms with Crippen molar-refractivity contribution in [2.24, 2.45) is 0 Å². The van der Waals surface area contributed by atoms with Gasteiger partial charge in [0.15, 0.2) is 0 Å². The Hall–Kier alpha value is -3.12. The third-order valence-corrected chi connectivity index (χ3v) is 6.40. The fraction of sp³-hybridized carbons (Fsp3) is 0.172. The topological polar surface area (TPSA) is 0 Å². The zero-order valence-corrected chi connectivity index (χ0v) is 17.3. The molecule has 142 valence electrons. The lowest BCUT2D eigenvalue weighted by molar-refractivity contribution is 0.761. The molecule has 0 nitrogen and oxygen atoms in total. The summed E-state index contributed by atoms with van der Waals surface area (Å²) >= 11 is 0. The lowest BCUT2D eigenvalue weighted by atomic mass is 9.67. The highest BCUT2D eigenvalue weighted by Gasteiger charge is 2.46. The Kier molecular flexibility index (Phi) is 4.17. The summed E-state index contributed by atoms with van der Waals surface area (Å²) in [5, 5.41) is 0. The van der Waals surface area contributed by atoms with E-state index < -0.39 is 0 Å². The van der Waals surface area contributed by atoms with Crippen LogP contribution in [0, 0.1) is 6.92 Å². The molecule has 0 atom stereocenters. The lowest BCUT2D eigenvalue weighted by Crippen LogP contribution is -2.28. The van der Waals surface area contributed by atoms with Crippen LogP contribution in [-0.2, 0) is 5.41 Å². The van der Waals surface area contributed by atoms with E-state index in [1.807, 2.05) is 0 Å². The van der Waals surface area contributed by atoms with Crippen molar-refractivity contribution in [1.29, 1.82) is 0 Å². The second-order valence-electron chi connectivity index (χ2n) is 8.49. The number of aryl methyl sites for hydroxylation is 1. The Balaban J connectivity index is 1.97. The molecule has 29 heavy (non-hydrogen) atoms.